The topological polar surface area (TPSA) is 68.3 Å². The van der Waals surface area contributed by atoms with Gasteiger partial charge in [0.2, 0.25) is 0 Å². The Bertz CT molecular complexity index is 523. The minimum absolute atomic E-state index is 0.189. The molecular weight excluding hydrogens is 224 g/mol. The SMILES string of the molecule is Cc1ccc(S(=O)(=O)S(C)(=O)=O)cc1. The molecule has 1 rings (SSSR count). The fourth-order valence-electron chi connectivity index (χ4n) is 0.880. The van der Waals surface area contributed by atoms with Gasteiger partial charge in [0, 0.05) is 0 Å². The molecular formula is C8H10O4S2. The minimum Gasteiger partial charge on any atom is -0.213 e. The van der Waals surface area contributed by atoms with Gasteiger partial charge >= 0.3 is 0 Å². The van der Waals surface area contributed by atoms with Gasteiger partial charge in [-0.1, -0.05) is 17.7 Å². The molecule has 0 fully saturated rings. The highest BCUT2D eigenvalue weighted by atomic mass is 33.2. The smallest absolute Gasteiger partial charge is 0.213 e. The van der Waals surface area contributed by atoms with Gasteiger partial charge in [-0.05, 0) is 19.1 Å². The van der Waals surface area contributed by atoms with E-state index >= 15 is 0 Å². The van der Waals surface area contributed by atoms with Crippen LogP contribution in [0.2, 0.25) is 0 Å². The average molecular weight is 234 g/mol. The van der Waals surface area contributed by atoms with E-state index in [0.29, 0.717) is 6.26 Å². The van der Waals surface area contributed by atoms with Gasteiger partial charge in [-0.2, -0.15) is 0 Å². The van der Waals surface area contributed by atoms with Gasteiger partial charge in [-0.15, -0.1) is 0 Å². The molecule has 14 heavy (non-hydrogen) atoms. The first kappa shape index (κ1) is 11.2. The highest BCUT2D eigenvalue weighted by molar-refractivity contribution is 8.66. The molecule has 0 saturated carbocycles. The molecule has 0 bridgehead atoms. The van der Waals surface area contributed by atoms with Gasteiger partial charge < -0.3 is 0 Å². The Hall–Kier alpha value is -0.880. The van der Waals surface area contributed by atoms with E-state index < -0.39 is 17.7 Å². The van der Waals surface area contributed by atoms with Gasteiger partial charge in [-0.25, -0.2) is 16.8 Å². The zero-order chi connectivity index (χ0) is 11.0. The van der Waals surface area contributed by atoms with E-state index in [2.05, 4.69) is 0 Å². The summed E-state index contributed by atoms with van der Waals surface area (Å²) in [7, 11) is -8.32. The summed E-state index contributed by atoms with van der Waals surface area (Å²) >= 11 is 0. The van der Waals surface area contributed by atoms with Gasteiger partial charge in [-0.3, -0.25) is 0 Å². The Labute approximate surface area is 82.8 Å². The van der Waals surface area contributed by atoms with Crippen molar-refractivity contribution in [1.29, 1.82) is 0 Å². The molecule has 0 spiro atoms. The van der Waals surface area contributed by atoms with Crippen LogP contribution in [-0.2, 0) is 17.7 Å². The Morgan fingerprint density at radius 3 is 1.71 bits per heavy atom. The molecule has 0 radical (unpaired) electrons. The number of hydrogen-bond acceptors (Lipinski definition) is 4. The van der Waals surface area contributed by atoms with Crippen LogP contribution < -0.4 is 0 Å². The molecule has 6 heteroatoms. The van der Waals surface area contributed by atoms with Crippen LogP contribution >= 0.6 is 0 Å². The maximum atomic E-state index is 11.4. The van der Waals surface area contributed by atoms with Crippen molar-refractivity contribution < 1.29 is 16.8 Å². The van der Waals surface area contributed by atoms with E-state index in [1.807, 2.05) is 0 Å². The van der Waals surface area contributed by atoms with Gasteiger partial charge in [0.15, 0.2) is 0 Å². The lowest BCUT2D eigenvalue weighted by molar-refractivity contribution is 0.585. The molecule has 0 aliphatic rings. The molecule has 0 heterocycles. The summed E-state index contributed by atoms with van der Waals surface area (Å²) in [5.74, 6) is 0. The zero-order valence-corrected chi connectivity index (χ0v) is 9.39. The molecule has 0 saturated heterocycles. The molecule has 1 aromatic rings. The second-order valence-corrected chi connectivity index (χ2v) is 8.89. The van der Waals surface area contributed by atoms with Crippen LogP contribution in [0.3, 0.4) is 0 Å². The molecule has 4 nitrogen and oxygen atoms in total. The summed E-state index contributed by atoms with van der Waals surface area (Å²) in [6, 6.07) is 5.67. The normalized spacial score (nSPS) is 12.7. The fraction of sp³-hybridized carbons (Fsp3) is 0.250. The number of hydrogen-bond donors (Lipinski definition) is 0. The monoisotopic (exact) mass is 234 g/mol. The van der Waals surface area contributed by atoms with Crippen molar-refractivity contribution in [2.45, 2.75) is 11.8 Å². The van der Waals surface area contributed by atoms with Crippen molar-refractivity contribution in [3.05, 3.63) is 29.8 Å². The zero-order valence-electron chi connectivity index (χ0n) is 7.76. The number of aryl methyl sites for hydroxylation is 1. The summed E-state index contributed by atoms with van der Waals surface area (Å²) in [6.07, 6.45) is 0.683. The molecule has 0 N–H and O–H groups in total. The van der Waals surface area contributed by atoms with Crippen LogP contribution in [0.25, 0.3) is 0 Å². The van der Waals surface area contributed by atoms with Crippen molar-refractivity contribution in [3.8, 4) is 0 Å². The molecule has 1 aromatic carbocycles. The predicted molar refractivity (Wildman–Crippen MR) is 53.2 cm³/mol. The van der Waals surface area contributed by atoms with Crippen LogP contribution in [0.15, 0.2) is 29.2 Å². The fourth-order valence-corrected chi connectivity index (χ4v) is 3.08. The Morgan fingerprint density at radius 1 is 0.929 bits per heavy atom. The second kappa shape index (κ2) is 3.36. The summed E-state index contributed by atoms with van der Waals surface area (Å²) in [5.41, 5.74) is 0.873. The molecule has 0 atom stereocenters. The van der Waals surface area contributed by atoms with Crippen molar-refractivity contribution in [1.82, 2.24) is 0 Å². The van der Waals surface area contributed by atoms with Crippen molar-refractivity contribution in [2.75, 3.05) is 6.26 Å². The summed E-state index contributed by atoms with van der Waals surface area (Å²) in [6.45, 7) is 1.79. The van der Waals surface area contributed by atoms with E-state index in [4.69, 9.17) is 0 Å². The lowest BCUT2D eigenvalue weighted by atomic mass is 10.2. The first-order valence-electron chi connectivity index (χ1n) is 3.77. The van der Waals surface area contributed by atoms with Gasteiger partial charge in [0.1, 0.15) is 0 Å². The van der Waals surface area contributed by atoms with Crippen molar-refractivity contribution in [2.24, 2.45) is 0 Å². The first-order valence-corrected chi connectivity index (χ1v) is 7.66. The lowest BCUT2D eigenvalue weighted by Gasteiger charge is -2.01. The van der Waals surface area contributed by atoms with E-state index in [0.717, 1.165) is 5.56 Å². The quantitative estimate of drug-likeness (QED) is 0.707. The van der Waals surface area contributed by atoms with Gasteiger partial charge in [0.25, 0.3) is 17.7 Å². The average Bonchev–Trinajstić information content (AvgIpc) is 2.03. The Morgan fingerprint density at radius 2 is 1.36 bits per heavy atom. The van der Waals surface area contributed by atoms with E-state index in [1.54, 1.807) is 19.1 Å². The van der Waals surface area contributed by atoms with E-state index in [-0.39, 0.29) is 4.90 Å². The van der Waals surface area contributed by atoms with E-state index in [9.17, 15) is 16.8 Å². The number of rotatable bonds is 2. The Kier molecular flexibility index (Phi) is 2.69. The molecule has 0 unspecified atom stereocenters. The molecule has 0 amide bonds. The minimum atomic E-state index is -4.22. The predicted octanol–water partition coefficient (Wildman–Crippen LogP) is 0.728. The third kappa shape index (κ3) is 1.96. The molecule has 78 valence electrons. The maximum absolute atomic E-state index is 11.4. The van der Waals surface area contributed by atoms with Crippen LogP contribution in [0.5, 0.6) is 0 Å². The van der Waals surface area contributed by atoms with Crippen LogP contribution in [0.1, 0.15) is 5.56 Å². The molecule has 0 aliphatic heterocycles. The third-order valence-corrected chi connectivity index (χ3v) is 6.32. The molecule has 0 aliphatic carbocycles. The standard InChI is InChI=1S/C8H10O4S2/c1-7-3-5-8(6-4-7)14(11,12)13(2,9)10/h3-6H,1-2H3. The Balaban J connectivity index is 3.40. The summed E-state index contributed by atoms with van der Waals surface area (Å²) in [4.78, 5) is -0.189. The van der Waals surface area contributed by atoms with Gasteiger partial charge in [0.05, 0.1) is 11.2 Å². The summed E-state index contributed by atoms with van der Waals surface area (Å²) in [5, 5.41) is 0. The first-order chi connectivity index (χ1) is 6.25. The summed E-state index contributed by atoms with van der Waals surface area (Å²) < 4.78 is 44.7. The highest BCUT2D eigenvalue weighted by Crippen LogP contribution is 2.16. The van der Waals surface area contributed by atoms with Crippen molar-refractivity contribution >= 4 is 17.7 Å². The number of benzene rings is 1. The van der Waals surface area contributed by atoms with E-state index in [1.165, 1.54) is 12.1 Å². The van der Waals surface area contributed by atoms with Crippen LogP contribution in [-0.4, -0.2) is 23.1 Å². The largest absolute Gasteiger partial charge is 0.281 e. The lowest BCUT2D eigenvalue weighted by Crippen LogP contribution is -2.13. The maximum Gasteiger partial charge on any atom is 0.281 e. The van der Waals surface area contributed by atoms with Crippen molar-refractivity contribution in [3.63, 3.8) is 0 Å². The molecule has 0 aromatic heterocycles. The van der Waals surface area contributed by atoms with Crippen LogP contribution in [0, 0.1) is 6.92 Å². The third-order valence-electron chi connectivity index (χ3n) is 1.71. The highest BCUT2D eigenvalue weighted by Gasteiger charge is 2.26. The second-order valence-electron chi connectivity index (χ2n) is 2.97. The van der Waals surface area contributed by atoms with Crippen LogP contribution in [0.4, 0.5) is 0 Å².